The first-order valence-electron chi connectivity index (χ1n) is 8.06. The molecule has 1 aliphatic heterocycles. The maximum Gasteiger partial charge on any atom is 0.0670 e. The minimum Gasteiger partial charge on any atom is -0.380 e. The summed E-state index contributed by atoms with van der Waals surface area (Å²) in [5.41, 5.74) is 0.418. The molecule has 19 heavy (non-hydrogen) atoms. The summed E-state index contributed by atoms with van der Waals surface area (Å²) in [4.78, 5) is 2.70. The summed E-state index contributed by atoms with van der Waals surface area (Å²) in [5.74, 6) is 0.768. The lowest BCUT2D eigenvalue weighted by atomic mass is 9.89. The number of piperazine rings is 1. The molecule has 2 atom stereocenters. The van der Waals surface area contributed by atoms with E-state index in [4.69, 9.17) is 4.74 Å². The summed E-state index contributed by atoms with van der Waals surface area (Å²) < 4.78 is 5.50. The maximum atomic E-state index is 5.50. The molecule has 2 aliphatic rings. The van der Waals surface area contributed by atoms with Crippen molar-refractivity contribution in [3.05, 3.63) is 0 Å². The van der Waals surface area contributed by atoms with Crippen molar-refractivity contribution in [3.63, 3.8) is 0 Å². The summed E-state index contributed by atoms with van der Waals surface area (Å²) >= 11 is 0. The van der Waals surface area contributed by atoms with Crippen molar-refractivity contribution in [2.75, 3.05) is 26.7 Å². The molecule has 2 rings (SSSR count). The normalized spacial score (nSPS) is 29.2. The summed E-state index contributed by atoms with van der Waals surface area (Å²) in [7, 11) is 1.83. The van der Waals surface area contributed by atoms with E-state index in [1.54, 1.807) is 0 Å². The summed E-state index contributed by atoms with van der Waals surface area (Å²) in [6.07, 6.45) is 7.15. The monoisotopic (exact) mass is 268 g/mol. The molecular formula is C16H32N2O. The lowest BCUT2D eigenvalue weighted by Crippen LogP contribution is -2.64. The van der Waals surface area contributed by atoms with Crippen LogP contribution in [0.3, 0.4) is 0 Å². The van der Waals surface area contributed by atoms with Gasteiger partial charge in [-0.3, -0.25) is 4.90 Å². The molecule has 1 spiro atoms. The fraction of sp³-hybridized carbons (Fsp3) is 1.00. The number of ether oxygens (including phenoxy) is 1. The molecular weight excluding hydrogens is 236 g/mol. The lowest BCUT2D eigenvalue weighted by molar-refractivity contribution is 0.0157. The summed E-state index contributed by atoms with van der Waals surface area (Å²) in [6.45, 7) is 10.3. The van der Waals surface area contributed by atoms with Gasteiger partial charge in [-0.2, -0.15) is 0 Å². The Kier molecular flexibility index (Phi) is 5.27. The van der Waals surface area contributed by atoms with Crippen LogP contribution < -0.4 is 5.32 Å². The zero-order chi connectivity index (χ0) is 13.9. The van der Waals surface area contributed by atoms with E-state index in [1.165, 1.54) is 38.6 Å². The Labute approximate surface area is 119 Å². The Morgan fingerprint density at radius 2 is 1.95 bits per heavy atom. The number of nitrogens with one attached hydrogen (secondary N) is 1. The van der Waals surface area contributed by atoms with Crippen molar-refractivity contribution in [1.82, 2.24) is 10.2 Å². The fourth-order valence-electron chi connectivity index (χ4n) is 3.82. The van der Waals surface area contributed by atoms with Gasteiger partial charge in [0.25, 0.3) is 0 Å². The van der Waals surface area contributed by atoms with Crippen molar-refractivity contribution >= 4 is 0 Å². The quantitative estimate of drug-likeness (QED) is 0.829. The van der Waals surface area contributed by atoms with E-state index in [2.05, 4.69) is 31.0 Å². The number of rotatable bonds is 5. The average molecular weight is 268 g/mol. The van der Waals surface area contributed by atoms with Gasteiger partial charge in [0, 0.05) is 38.3 Å². The van der Waals surface area contributed by atoms with E-state index in [0.29, 0.717) is 17.7 Å². The number of methoxy groups -OCH3 is 1. The van der Waals surface area contributed by atoms with Crippen LogP contribution in [-0.4, -0.2) is 49.3 Å². The van der Waals surface area contributed by atoms with Crippen molar-refractivity contribution in [2.24, 2.45) is 5.92 Å². The first-order valence-corrected chi connectivity index (χ1v) is 8.06. The molecule has 112 valence electrons. The molecule has 1 N–H and O–H groups in total. The van der Waals surface area contributed by atoms with Crippen LogP contribution in [0.5, 0.6) is 0 Å². The third-order valence-corrected chi connectivity index (χ3v) is 4.93. The van der Waals surface area contributed by atoms with Gasteiger partial charge in [-0.1, -0.05) is 26.7 Å². The molecule has 0 aromatic rings. The van der Waals surface area contributed by atoms with E-state index in [0.717, 1.165) is 19.0 Å². The second-order valence-corrected chi connectivity index (χ2v) is 7.13. The average Bonchev–Trinajstić information content (AvgIpc) is 2.81. The van der Waals surface area contributed by atoms with Crippen LogP contribution in [-0.2, 0) is 4.74 Å². The van der Waals surface area contributed by atoms with Crippen molar-refractivity contribution in [3.8, 4) is 0 Å². The SMILES string of the molecule is COC(C)CN1CC2(CCCC2)NCC1CC(C)C. The van der Waals surface area contributed by atoms with E-state index in [-0.39, 0.29) is 0 Å². The van der Waals surface area contributed by atoms with Gasteiger partial charge in [0.1, 0.15) is 0 Å². The molecule has 0 radical (unpaired) electrons. The highest BCUT2D eigenvalue weighted by molar-refractivity contribution is 5.01. The third kappa shape index (κ3) is 3.93. The molecule has 0 aromatic heterocycles. The van der Waals surface area contributed by atoms with Gasteiger partial charge in [0.15, 0.2) is 0 Å². The molecule has 1 saturated carbocycles. The predicted molar refractivity (Wildman–Crippen MR) is 80.5 cm³/mol. The molecule has 3 nitrogen and oxygen atoms in total. The molecule has 0 aromatic carbocycles. The number of hydrogen-bond acceptors (Lipinski definition) is 3. The fourth-order valence-corrected chi connectivity index (χ4v) is 3.82. The third-order valence-electron chi connectivity index (χ3n) is 4.93. The zero-order valence-electron chi connectivity index (χ0n) is 13.2. The second kappa shape index (κ2) is 6.55. The molecule has 1 saturated heterocycles. The van der Waals surface area contributed by atoms with Gasteiger partial charge >= 0.3 is 0 Å². The zero-order valence-corrected chi connectivity index (χ0v) is 13.2. The standard InChI is InChI=1S/C16H32N2O/c1-13(2)9-15-10-17-16(7-5-6-8-16)12-18(15)11-14(3)19-4/h13-15,17H,5-12H2,1-4H3. The second-order valence-electron chi connectivity index (χ2n) is 7.13. The topological polar surface area (TPSA) is 24.5 Å². The lowest BCUT2D eigenvalue weighted by Gasteiger charge is -2.47. The van der Waals surface area contributed by atoms with Crippen LogP contribution in [0, 0.1) is 5.92 Å². The first kappa shape index (κ1) is 15.3. The Balaban J connectivity index is 2.00. The Hall–Kier alpha value is -0.120. The number of nitrogens with zero attached hydrogens (tertiary/aromatic N) is 1. The maximum absolute atomic E-state index is 5.50. The van der Waals surface area contributed by atoms with Crippen LogP contribution in [0.1, 0.15) is 52.9 Å². The van der Waals surface area contributed by atoms with Crippen LogP contribution >= 0.6 is 0 Å². The van der Waals surface area contributed by atoms with Crippen molar-refractivity contribution in [1.29, 1.82) is 0 Å². The van der Waals surface area contributed by atoms with Gasteiger partial charge in [-0.15, -0.1) is 0 Å². The molecule has 2 fully saturated rings. The van der Waals surface area contributed by atoms with Gasteiger partial charge < -0.3 is 10.1 Å². The highest BCUT2D eigenvalue weighted by Crippen LogP contribution is 2.34. The van der Waals surface area contributed by atoms with E-state index >= 15 is 0 Å². The number of hydrogen-bond donors (Lipinski definition) is 1. The predicted octanol–water partition coefficient (Wildman–Crippen LogP) is 2.65. The minimum atomic E-state index is 0.339. The highest BCUT2D eigenvalue weighted by Gasteiger charge is 2.41. The van der Waals surface area contributed by atoms with E-state index in [1.807, 2.05) is 7.11 Å². The first-order chi connectivity index (χ1) is 9.04. The van der Waals surface area contributed by atoms with Gasteiger partial charge in [-0.25, -0.2) is 0 Å². The highest BCUT2D eigenvalue weighted by atomic mass is 16.5. The molecule has 1 heterocycles. The van der Waals surface area contributed by atoms with Gasteiger partial charge in [-0.05, 0) is 32.1 Å². The van der Waals surface area contributed by atoms with Crippen LogP contribution in [0.2, 0.25) is 0 Å². The molecule has 0 bridgehead atoms. The van der Waals surface area contributed by atoms with Crippen LogP contribution in [0.15, 0.2) is 0 Å². The smallest absolute Gasteiger partial charge is 0.0670 e. The molecule has 2 unspecified atom stereocenters. The largest absolute Gasteiger partial charge is 0.380 e. The minimum absolute atomic E-state index is 0.339. The van der Waals surface area contributed by atoms with Gasteiger partial charge in [0.2, 0.25) is 0 Å². The van der Waals surface area contributed by atoms with Crippen molar-refractivity contribution in [2.45, 2.75) is 70.6 Å². The van der Waals surface area contributed by atoms with E-state index < -0.39 is 0 Å². The summed E-state index contributed by atoms with van der Waals surface area (Å²) in [6, 6.07) is 0.684. The molecule has 0 amide bonds. The Morgan fingerprint density at radius 1 is 1.26 bits per heavy atom. The van der Waals surface area contributed by atoms with Crippen molar-refractivity contribution < 1.29 is 4.74 Å². The summed E-state index contributed by atoms with van der Waals surface area (Å²) in [5, 5.41) is 3.89. The van der Waals surface area contributed by atoms with E-state index in [9.17, 15) is 0 Å². The Bertz CT molecular complexity index is 274. The van der Waals surface area contributed by atoms with Gasteiger partial charge in [0.05, 0.1) is 6.10 Å². The molecule has 3 heteroatoms. The van der Waals surface area contributed by atoms with Crippen LogP contribution in [0.25, 0.3) is 0 Å². The Morgan fingerprint density at radius 3 is 2.53 bits per heavy atom. The van der Waals surface area contributed by atoms with Crippen LogP contribution in [0.4, 0.5) is 0 Å². The molecule has 1 aliphatic carbocycles.